The van der Waals surface area contributed by atoms with Gasteiger partial charge in [-0.05, 0) is 42.0 Å². The van der Waals surface area contributed by atoms with Gasteiger partial charge in [-0.1, -0.05) is 24.0 Å². The highest BCUT2D eigenvalue weighted by Crippen LogP contribution is 2.29. The number of ether oxygens (including phenoxy) is 1. The molecular formula is C20H16F3N3O3S. The van der Waals surface area contributed by atoms with Gasteiger partial charge in [-0.3, -0.25) is 0 Å². The number of primary sulfonamides is 1. The van der Waals surface area contributed by atoms with E-state index in [0.29, 0.717) is 22.6 Å². The monoisotopic (exact) mass is 435 g/mol. The average molecular weight is 435 g/mol. The zero-order chi connectivity index (χ0) is 21.9. The predicted octanol–water partition coefficient (Wildman–Crippen LogP) is 3.07. The van der Waals surface area contributed by atoms with E-state index < -0.39 is 21.8 Å². The molecule has 10 heteroatoms. The molecular weight excluding hydrogens is 419 g/mol. The van der Waals surface area contributed by atoms with E-state index in [-0.39, 0.29) is 11.5 Å². The highest BCUT2D eigenvalue weighted by molar-refractivity contribution is 7.89. The van der Waals surface area contributed by atoms with Gasteiger partial charge < -0.3 is 4.74 Å². The van der Waals surface area contributed by atoms with Crippen LogP contribution in [0.15, 0.2) is 59.6 Å². The smallest absolute Gasteiger partial charge is 0.416 e. The van der Waals surface area contributed by atoms with Crippen LogP contribution >= 0.6 is 0 Å². The van der Waals surface area contributed by atoms with E-state index in [2.05, 4.69) is 16.9 Å². The van der Waals surface area contributed by atoms with Crippen LogP contribution in [0.2, 0.25) is 0 Å². The summed E-state index contributed by atoms with van der Waals surface area (Å²) in [4.78, 5) is -0.0185. The highest BCUT2D eigenvalue weighted by Gasteiger charge is 2.29. The summed E-state index contributed by atoms with van der Waals surface area (Å²) < 4.78 is 67.7. The van der Waals surface area contributed by atoms with E-state index in [1.807, 2.05) is 0 Å². The van der Waals surface area contributed by atoms with Crippen molar-refractivity contribution in [3.63, 3.8) is 0 Å². The van der Waals surface area contributed by atoms with Crippen molar-refractivity contribution in [2.75, 3.05) is 0 Å². The maximum Gasteiger partial charge on any atom is 0.416 e. The third-order valence-corrected chi connectivity index (χ3v) is 4.99. The Balaban J connectivity index is 1.74. The average Bonchev–Trinajstić information content (AvgIpc) is 3.03. The lowest BCUT2D eigenvalue weighted by Crippen LogP contribution is -2.11. The second kappa shape index (κ2) is 8.22. The number of halogens is 3. The summed E-state index contributed by atoms with van der Waals surface area (Å²) in [5.41, 5.74) is 0.855. The van der Waals surface area contributed by atoms with Gasteiger partial charge in [0.15, 0.2) is 0 Å². The van der Waals surface area contributed by atoms with Gasteiger partial charge in [-0.15, -0.1) is 0 Å². The fourth-order valence-electron chi connectivity index (χ4n) is 2.49. The summed E-state index contributed by atoms with van der Waals surface area (Å²) >= 11 is 0. The normalized spacial score (nSPS) is 11.6. The van der Waals surface area contributed by atoms with Crippen molar-refractivity contribution >= 4 is 10.0 Å². The van der Waals surface area contributed by atoms with E-state index in [4.69, 9.17) is 9.88 Å². The van der Waals surface area contributed by atoms with E-state index in [9.17, 15) is 21.6 Å². The minimum Gasteiger partial charge on any atom is -0.472 e. The Labute approximate surface area is 171 Å². The lowest BCUT2D eigenvalue weighted by Gasteiger charge is -2.09. The van der Waals surface area contributed by atoms with E-state index in [0.717, 1.165) is 12.1 Å². The Hall–Kier alpha value is -3.29. The number of nitrogens with zero attached hydrogens (tertiary/aromatic N) is 2. The van der Waals surface area contributed by atoms with Crippen LogP contribution in [0.25, 0.3) is 0 Å². The zero-order valence-electron chi connectivity index (χ0n) is 15.6. The van der Waals surface area contributed by atoms with Crippen LogP contribution in [0.5, 0.6) is 5.88 Å². The Kier molecular flexibility index (Phi) is 5.87. The summed E-state index contributed by atoms with van der Waals surface area (Å²) in [5, 5.41) is 9.14. The third kappa shape index (κ3) is 5.20. The molecule has 0 amide bonds. The molecule has 2 aromatic carbocycles. The van der Waals surface area contributed by atoms with Gasteiger partial charge in [0.2, 0.25) is 15.9 Å². The van der Waals surface area contributed by atoms with E-state index in [1.54, 1.807) is 7.05 Å². The first-order valence-electron chi connectivity index (χ1n) is 8.50. The van der Waals surface area contributed by atoms with Crippen LogP contribution in [0, 0.1) is 11.8 Å². The standard InChI is InChI=1S/C20H16F3N3O3S/c1-26-19(29-13-15-3-8-17(9-4-15)20(21,22)23)16(12-25-26)7-2-14-5-10-18(11-6-14)30(24,27)28/h3-6,8-12H,13H2,1H3,(H2,24,27,28). The number of nitrogens with two attached hydrogens (primary N) is 1. The maximum atomic E-state index is 12.6. The molecule has 6 nitrogen and oxygen atoms in total. The molecule has 0 atom stereocenters. The Bertz CT molecular complexity index is 1200. The number of benzene rings is 2. The molecule has 30 heavy (non-hydrogen) atoms. The van der Waals surface area contributed by atoms with Gasteiger partial charge in [-0.2, -0.15) is 18.3 Å². The van der Waals surface area contributed by atoms with Crippen LogP contribution in [-0.4, -0.2) is 18.2 Å². The van der Waals surface area contributed by atoms with Crippen LogP contribution in [0.4, 0.5) is 13.2 Å². The Morgan fingerprint density at radius 1 is 1.07 bits per heavy atom. The minimum atomic E-state index is -4.39. The van der Waals surface area contributed by atoms with Crippen LogP contribution in [0.1, 0.15) is 22.3 Å². The van der Waals surface area contributed by atoms with E-state index >= 15 is 0 Å². The molecule has 0 aliphatic rings. The molecule has 0 spiro atoms. The first-order chi connectivity index (χ1) is 14.0. The molecule has 156 valence electrons. The first kappa shape index (κ1) is 21.4. The molecule has 0 fully saturated rings. The van der Waals surface area contributed by atoms with Crippen molar-refractivity contribution in [2.24, 2.45) is 12.2 Å². The van der Waals surface area contributed by atoms with Crippen LogP contribution < -0.4 is 9.88 Å². The predicted molar refractivity (Wildman–Crippen MR) is 103 cm³/mol. The number of alkyl halides is 3. The molecule has 0 bridgehead atoms. The van der Waals surface area contributed by atoms with Gasteiger partial charge in [0.05, 0.1) is 16.7 Å². The molecule has 0 unspecified atom stereocenters. The number of aryl methyl sites for hydroxylation is 1. The van der Waals surface area contributed by atoms with Gasteiger partial charge in [0.25, 0.3) is 0 Å². The summed E-state index contributed by atoms with van der Waals surface area (Å²) in [6, 6.07) is 10.4. The molecule has 0 saturated heterocycles. The second-order valence-electron chi connectivity index (χ2n) is 6.29. The molecule has 1 heterocycles. The fourth-order valence-corrected chi connectivity index (χ4v) is 3.01. The van der Waals surface area contributed by atoms with Crippen LogP contribution in [-0.2, 0) is 29.9 Å². The molecule has 0 aliphatic heterocycles. The van der Waals surface area contributed by atoms with Gasteiger partial charge in [-0.25, -0.2) is 18.2 Å². The summed E-state index contributed by atoms with van der Waals surface area (Å²) in [6.45, 7) is 0.0371. The summed E-state index contributed by atoms with van der Waals surface area (Å²) in [5.74, 6) is 6.11. The van der Waals surface area contributed by atoms with Gasteiger partial charge in [0.1, 0.15) is 12.2 Å². The second-order valence-corrected chi connectivity index (χ2v) is 7.85. The fraction of sp³-hybridized carbons (Fsp3) is 0.150. The molecule has 0 aliphatic carbocycles. The highest BCUT2D eigenvalue weighted by atomic mass is 32.2. The lowest BCUT2D eigenvalue weighted by molar-refractivity contribution is -0.137. The molecule has 2 N–H and O–H groups in total. The molecule has 0 saturated carbocycles. The SMILES string of the molecule is Cn1ncc(C#Cc2ccc(S(N)(=O)=O)cc2)c1OCc1ccc(C(F)(F)F)cc1. The van der Waals surface area contributed by atoms with Crippen molar-refractivity contribution in [2.45, 2.75) is 17.7 Å². The largest absolute Gasteiger partial charge is 0.472 e. The quantitative estimate of drug-likeness (QED) is 0.638. The van der Waals surface area contributed by atoms with Crippen molar-refractivity contribution in [3.8, 4) is 17.7 Å². The first-order valence-corrected chi connectivity index (χ1v) is 10.0. The number of sulfonamides is 1. The lowest BCUT2D eigenvalue weighted by atomic mass is 10.1. The maximum absolute atomic E-state index is 12.6. The van der Waals surface area contributed by atoms with Crippen LogP contribution in [0.3, 0.4) is 0 Å². The van der Waals surface area contributed by atoms with Crippen molar-refractivity contribution in [3.05, 3.63) is 77.0 Å². The van der Waals surface area contributed by atoms with Crippen molar-refractivity contribution < 1.29 is 26.3 Å². The molecule has 3 rings (SSSR count). The molecule has 1 aromatic heterocycles. The summed E-state index contributed by atoms with van der Waals surface area (Å²) in [7, 11) is -2.13. The zero-order valence-corrected chi connectivity index (χ0v) is 16.5. The van der Waals surface area contributed by atoms with Gasteiger partial charge >= 0.3 is 6.18 Å². The van der Waals surface area contributed by atoms with Gasteiger partial charge in [0, 0.05) is 12.6 Å². The Morgan fingerprint density at radius 3 is 2.27 bits per heavy atom. The summed E-state index contributed by atoms with van der Waals surface area (Å²) in [6.07, 6.45) is -2.90. The molecule has 0 radical (unpaired) electrons. The van der Waals surface area contributed by atoms with E-state index in [1.165, 1.54) is 47.3 Å². The molecule has 3 aromatic rings. The topological polar surface area (TPSA) is 87.2 Å². The Morgan fingerprint density at radius 2 is 1.70 bits per heavy atom. The van der Waals surface area contributed by atoms with Crippen molar-refractivity contribution in [1.29, 1.82) is 0 Å². The number of rotatable bonds is 4. The number of hydrogen-bond acceptors (Lipinski definition) is 4. The van der Waals surface area contributed by atoms with Crippen molar-refractivity contribution in [1.82, 2.24) is 9.78 Å². The minimum absolute atomic E-state index is 0.0185. The third-order valence-electron chi connectivity index (χ3n) is 4.07. The number of aromatic nitrogens is 2. The number of hydrogen-bond donors (Lipinski definition) is 1.